The summed E-state index contributed by atoms with van der Waals surface area (Å²) < 4.78 is 5.28. The third kappa shape index (κ3) is 2.15. The van der Waals surface area contributed by atoms with Gasteiger partial charge in [-0.25, -0.2) is 9.97 Å². The van der Waals surface area contributed by atoms with Crippen LogP contribution in [0.2, 0.25) is 0 Å². The SMILES string of the molecule is CCCCNc1ncnc2c1[nH]c1ccc(OC)cc12. The van der Waals surface area contributed by atoms with Crippen LogP contribution in [-0.4, -0.2) is 28.6 Å². The average Bonchev–Trinajstić information content (AvgIpc) is 2.86. The van der Waals surface area contributed by atoms with Gasteiger partial charge in [0.2, 0.25) is 0 Å². The van der Waals surface area contributed by atoms with Crippen LogP contribution in [0.4, 0.5) is 5.82 Å². The van der Waals surface area contributed by atoms with Crippen molar-refractivity contribution >= 4 is 27.8 Å². The fraction of sp³-hybridized carbons (Fsp3) is 0.333. The Bertz CT molecular complexity index is 735. The van der Waals surface area contributed by atoms with Crippen LogP contribution in [0, 0.1) is 0 Å². The van der Waals surface area contributed by atoms with Gasteiger partial charge in [0.05, 0.1) is 7.11 Å². The van der Waals surface area contributed by atoms with Gasteiger partial charge in [0, 0.05) is 17.4 Å². The minimum Gasteiger partial charge on any atom is -0.497 e. The fourth-order valence-electron chi connectivity index (χ4n) is 2.32. The molecule has 0 fully saturated rings. The molecule has 3 rings (SSSR count). The van der Waals surface area contributed by atoms with Crippen LogP contribution in [0.1, 0.15) is 19.8 Å². The lowest BCUT2D eigenvalue weighted by atomic mass is 10.2. The van der Waals surface area contributed by atoms with Crippen molar-refractivity contribution in [3.63, 3.8) is 0 Å². The highest BCUT2D eigenvalue weighted by Crippen LogP contribution is 2.29. The summed E-state index contributed by atoms with van der Waals surface area (Å²) in [6.45, 7) is 3.09. The van der Waals surface area contributed by atoms with E-state index in [-0.39, 0.29) is 0 Å². The monoisotopic (exact) mass is 270 g/mol. The number of aromatic nitrogens is 3. The molecule has 3 aromatic rings. The first-order valence-corrected chi connectivity index (χ1v) is 6.87. The minimum atomic E-state index is 0.831. The van der Waals surface area contributed by atoms with E-state index in [4.69, 9.17) is 4.74 Å². The lowest BCUT2D eigenvalue weighted by Crippen LogP contribution is -2.03. The molecule has 104 valence electrons. The van der Waals surface area contributed by atoms with Crippen molar-refractivity contribution in [2.24, 2.45) is 0 Å². The number of H-pyrrole nitrogens is 1. The number of benzene rings is 1. The summed E-state index contributed by atoms with van der Waals surface area (Å²) in [6, 6.07) is 5.94. The second-order valence-electron chi connectivity index (χ2n) is 4.76. The molecular weight excluding hydrogens is 252 g/mol. The summed E-state index contributed by atoms with van der Waals surface area (Å²) in [5.41, 5.74) is 2.92. The maximum atomic E-state index is 5.28. The quantitative estimate of drug-likeness (QED) is 0.698. The van der Waals surface area contributed by atoms with Gasteiger partial charge >= 0.3 is 0 Å². The number of rotatable bonds is 5. The molecule has 0 unspecified atom stereocenters. The maximum Gasteiger partial charge on any atom is 0.153 e. The van der Waals surface area contributed by atoms with Crippen molar-refractivity contribution in [1.82, 2.24) is 15.0 Å². The van der Waals surface area contributed by atoms with Gasteiger partial charge < -0.3 is 15.0 Å². The molecule has 2 heterocycles. The van der Waals surface area contributed by atoms with E-state index in [0.29, 0.717) is 0 Å². The highest BCUT2D eigenvalue weighted by Gasteiger charge is 2.10. The molecule has 1 aromatic carbocycles. The number of aromatic amines is 1. The van der Waals surface area contributed by atoms with Crippen molar-refractivity contribution < 1.29 is 4.74 Å². The lowest BCUT2D eigenvalue weighted by molar-refractivity contribution is 0.415. The summed E-state index contributed by atoms with van der Waals surface area (Å²) in [7, 11) is 1.67. The van der Waals surface area contributed by atoms with Crippen LogP contribution in [0.5, 0.6) is 5.75 Å². The fourth-order valence-corrected chi connectivity index (χ4v) is 2.32. The second-order valence-corrected chi connectivity index (χ2v) is 4.76. The van der Waals surface area contributed by atoms with Crippen LogP contribution in [0.15, 0.2) is 24.5 Å². The van der Waals surface area contributed by atoms with Crippen molar-refractivity contribution in [2.45, 2.75) is 19.8 Å². The van der Waals surface area contributed by atoms with E-state index in [0.717, 1.165) is 52.9 Å². The molecule has 5 heteroatoms. The van der Waals surface area contributed by atoms with E-state index in [1.165, 1.54) is 0 Å². The summed E-state index contributed by atoms with van der Waals surface area (Å²) in [5, 5.41) is 4.42. The Morgan fingerprint density at radius 3 is 3.00 bits per heavy atom. The molecule has 0 saturated heterocycles. The Kier molecular flexibility index (Phi) is 3.41. The molecule has 0 saturated carbocycles. The Morgan fingerprint density at radius 1 is 1.30 bits per heavy atom. The number of anilines is 1. The van der Waals surface area contributed by atoms with Gasteiger partial charge in [0.25, 0.3) is 0 Å². The molecule has 0 aliphatic heterocycles. The van der Waals surface area contributed by atoms with Crippen LogP contribution < -0.4 is 10.1 Å². The maximum absolute atomic E-state index is 5.28. The summed E-state index contributed by atoms with van der Waals surface area (Å²) >= 11 is 0. The Balaban J connectivity index is 2.10. The molecule has 5 nitrogen and oxygen atoms in total. The molecule has 20 heavy (non-hydrogen) atoms. The lowest BCUT2D eigenvalue weighted by Gasteiger charge is -2.04. The molecule has 0 spiro atoms. The smallest absolute Gasteiger partial charge is 0.153 e. The molecule has 2 N–H and O–H groups in total. The zero-order valence-electron chi connectivity index (χ0n) is 11.7. The normalized spacial score (nSPS) is 11.1. The Hall–Kier alpha value is -2.30. The number of hydrogen-bond donors (Lipinski definition) is 2. The molecular formula is C15H18N4O. The predicted molar refractivity (Wildman–Crippen MR) is 81.3 cm³/mol. The number of nitrogens with one attached hydrogen (secondary N) is 2. The number of fused-ring (bicyclic) bond motifs is 3. The highest BCUT2D eigenvalue weighted by atomic mass is 16.5. The standard InChI is InChI=1S/C15H18N4O/c1-3-4-7-16-15-14-13(17-9-18-15)11-8-10(20-2)5-6-12(11)19-14/h5-6,8-9,19H,3-4,7H2,1-2H3,(H,16,17,18). The third-order valence-corrected chi connectivity index (χ3v) is 3.41. The van der Waals surface area contributed by atoms with Gasteiger partial charge in [-0.3, -0.25) is 0 Å². The van der Waals surface area contributed by atoms with Crippen molar-refractivity contribution in [2.75, 3.05) is 19.0 Å². The highest BCUT2D eigenvalue weighted by molar-refractivity contribution is 6.08. The number of unbranched alkanes of at least 4 members (excludes halogenated alkanes) is 1. The average molecular weight is 270 g/mol. The van der Waals surface area contributed by atoms with Gasteiger partial charge in [-0.15, -0.1) is 0 Å². The van der Waals surface area contributed by atoms with Crippen LogP contribution in [0.3, 0.4) is 0 Å². The zero-order chi connectivity index (χ0) is 13.9. The molecule has 0 aliphatic rings. The van der Waals surface area contributed by atoms with Crippen LogP contribution >= 0.6 is 0 Å². The van der Waals surface area contributed by atoms with E-state index in [2.05, 4.69) is 27.2 Å². The van der Waals surface area contributed by atoms with Gasteiger partial charge in [0.1, 0.15) is 23.1 Å². The van der Waals surface area contributed by atoms with Crippen molar-refractivity contribution in [1.29, 1.82) is 0 Å². The van der Waals surface area contributed by atoms with E-state index < -0.39 is 0 Å². The first kappa shape index (κ1) is 12.7. The van der Waals surface area contributed by atoms with Crippen LogP contribution in [-0.2, 0) is 0 Å². The number of nitrogens with zero attached hydrogens (tertiary/aromatic N) is 2. The molecule has 0 bridgehead atoms. The first-order valence-electron chi connectivity index (χ1n) is 6.87. The first-order chi connectivity index (χ1) is 9.83. The largest absolute Gasteiger partial charge is 0.497 e. The zero-order valence-corrected chi connectivity index (χ0v) is 11.7. The summed E-state index contributed by atoms with van der Waals surface area (Å²) in [5.74, 6) is 1.69. The number of hydrogen-bond acceptors (Lipinski definition) is 4. The molecule has 2 aromatic heterocycles. The Morgan fingerprint density at radius 2 is 2.20 bits per heavy atom. The second kappa shape index (κ2) is 5.36. The minimum absolute atomic E-state index is 0.831. The van der Waals surface area contributed by atoms with Gasteiger partial charge in [0.15, 0.2) is 5.82 Å². The third-order valence-electron chi connectivity index (χ3n) is 3.41. The molecule has 0 radical (unpaired) electrons. The summed E-state index contributed by atoms with van der Waals surface area (Å²) in [4.78, 5) is 12.1. The van der Waals surface area contributed by atoms with Crippen molar-refractivity contribution in [3.8, 4) is 5.75 Å². The van der Waals surface area contributed by atoms with Gasteiger partial charge in [-0.1, -0.05) is 13.3 Å². The molecule has 0 atom stereocenters. The van der Waals surface area contributed by atoms with Crippen molar-refractivity contribution in [3.05, 3.63) is 24.5 Å². The number of ether oxygens (including phenoxy) is 1. The van der Waals surface area contributed by atoms with Crippen LogP contribution in [0.25, 0.3) is 21.9 Å². The van der Waals surface area contributed by atoms with E-state index in [1.54, 1.807) is 13.4 Å². The van der Waals surface area contributed by atoms with Gasteiger partial charge in [-0.05, 0) is 24.6 Å². The van der Waals surface area contributed by atoms with E-state index >= 15 is 0 Å². The molecule has 0 amide bonds. The Labute approximate surface area is 117 Å². The predicted octanol–water partition coefficient (Wildman–Crippen LogP) is 3.33. The van der Waals surface area contributed by atoms with E-state index in [9.17, 15) is 0 Å². The van der Waals surface area contributed by atoms with Gasteiger partial charge in [-0.2, -0.15) is 0 Å². The number of methoxy groups -OCH3 is 1. The molecule has 0 aliphatic carbocycles. The van der Waals surface area contributed by atoms with E-state index in [1.807, 2.05) is 18.2 Å². The topological polar surface area (TPSA) is 62.8 Å². The summed E-state index contributed by atoms with van der Waals surface area (Å²) in [6.07, 6.45) is 3.88.